The minimum Gasteiger partial charge on any atom is -0.394 e. The van der Waals surface area contributed by atoms with Crippen LogP contribution in [0.1, 0.15) is 38.5 Å². The molecular weight excluding hydrogens is 584 g/mol. The number of ether oxygens (including phenoxy) is 4. The van der Waals surface area contributed by atoms with Gasteiger partial charge in [-0.2, -0.15) is 0 Å². The highest BCUT2D eigenvalue weighted by molar-refractivity contribution is 5.88. The molecule has 0 radical (unpaired) electrons. The summed E-state index contributed by atoms with van der Waals surface area (Å²) >= 11 is 0. The Labute approximate surface area is 256 Å². The lowest BCUT2D eigenvalue weighted by molar-refractivity contribution is -0.320. The van der Waals surface area contributed by atoms with Crippen molar-refractivity contribution in [2.24, 2.45) is 34.6 Å². The number of rotatable bonds is 13. The molecule has 0 bridgehead atoms. The molecule has 0 aromatic carbocycles. The molecule has 0 amide bonds. The number of aliphatic hydroxyl groups excluding tert-OH is 5. The van der Waals surface area contributed by atoms with Gasteiger partial charge in [0.25, 0.3) is 0 Å². The predicted molar refractivity (Wildman–Crippen MR) is 153 cm³/mol. The van der Waals surface area contributed by atoms with Crippen LogP contribution in [0.3, 0.4) is 0 Å². The summed E-state index contributed by atoms with van der Waals surface area (Å²) in [5.74, 6) is -1.25. The van der Waals surface area contributed by atoms with Crippen molar-refractivity contribution in [2.45, 2.75) is 130 Å². The zero-order valence-corrected chi connectivity index (χ0v) is 24.8. The van der Waals surface area contributed by atoms with Crippen molar-refractivity contribution in [2.75, 3.05) is 26.2 Å². The quantitative estimate of drug-likeness (QED) is 0.0836. The lowest BCUT2D eigenvalue weighted by atomic mass is 9.69. The van der Waals surface area contributed by atoms with Crippen LogP contribution < -0.4 is 34.0 Å². The number of carbonyl (C=O) groups is 1. The Balaban J connectivity index is 1.51. The Bertz CT molecular complexity index is 933. The normalized spacial score (nSPS) is 48.1. The number of nitrogens with one attached hydrogen (secondary N) is 1. The molecule has 17 N–H and O–H groups in total. The molecule has 2 aliphatic carbocycles. The molecule has 14 atom stereocenters. The fourth-order valence-electron chi connectivity index (χ4n) is 6.60. The molecule has 4 rings (SSSR count). The van der Waals surface area contributed by atoms with Gasteiger partial charge in [0.2, 0.25) is 0 Å². The maximum absolute atomic E-state index is 13.2. The Morgan fingerprint density at radius 2 is 1.55 bits per heavy atom. The lowest BCUT2D eigenvalue weighted by Crippen LogP contribution is -2.66. The lowest BCUT2D eigenvalue weighted by Gasteiger charge is -2.49. The van der Waals surface area contributed by atoms with Crippen LogP contribution >= 0.6 is 0 Å². The Morgan fingerprint density at radius 1 is 0.886 bits per heavy atom. The van der Waals surface area contributed by atoms with E-state index in [-0.39, 0.29) is 38.1 Å². The van der Waals surface area contributed by atoms with Crippen molar-refractivity contribution in [3.8, 4) is 0 Å². The molecule has 2 saturated heterocycles. The van der Waals surface area contributed by atoms with Gasteiger partial charge in [0.05, 0.1) is 37.0 Å². The number of aliphatic hydroxyl groups is 6. The number of carbonyl (C=O) groups excluding carboxylic acids is 1. The fourth-order valence-corrected chi connectivity index (χ4v) is 6.60. The summed E-state index contributed by atoms with van der Waals surface area (Å²) in [7, 11) is 0. The number of hydrogen-bond donors (Lipinski definition) is 12. The third kappa shape index (κ3) is 7.93. The first kappa shape index (κ1) is 35.9. The first-order chi connectivity index (χ1) is 20.8. The second-order valence-electron chi connectivity index (χ2n) is 12.8. The second kappa shape index (κ2) is 15.3. The minimum atomic E-state index is -1.60. The van der Waals surface area contributed by atoms with E-state index < -0.39 is 103 Å². The molecule has 17 nitrogen and oxygen atoms in total. The van der Waals surface area contributed by atoms with Crippen molar-refractivity contribution < 1.29 is 54.4 Å². The molecule has 0 unspecified atom stereocenters. The average molecular weight is 637 g/mol. The van der Waals surface area contributed by atoms with E-state index in [4.69, 9.17) is 47.6 Å². The highest BCUT2D eigenvalue weighted by Crippen LogP contribution is 2.39. The van der Waals surface area contributed by atoms with Crippen molar-refractivity contribution in [3.05, 3.63) is 0 Å². The van der Waals surface area contributed by atoms with Gasteiger partial charge in [-0.15, -0.1) is 0 Å². The van der Waals surface area contributed by atoms with E-state index in [9.17, 15) is 35.4 Å². The van der Waals surface area contributed by atoms with Crippen LogP contribution in [0.5, 0.6) is 0 Å². The van der Waals surface area contributed by atoms with Crippen LogP contribution in [0.2, 0.25) is 0 Å². The molecule has 4 aliphatic rings. The minimum absolute atomic E-state index is 0.0931. The van der Waals surface area contributed by atoms with Crippen LogP contribution in [0.25, 0.3) is 0 Å². The van der Waals surface area contributed by atoms with Gasteiger partial charge >= 0.3 is 0 Å². The summed E-state index contributed by atoms with van der Waals surface area (Å²) in [6.07, 6.45) is -11.1. The van der Waals surface area contributed by atoms with E-state index in [1.54, 1.807) is 0 Å². The van der Waals surface area contributed by atoms with Gasteiger partial charge in [0.15, 0.2) is 18.4 Å². The third-order valence-corrected chi connectivity index (χ3v) is 9.33. The number of nitrogens with two attached hydrogens (primary N) is 5. The van der Waals surface area contributed by atoms with Crippen LogP contribution in [0.15, 0.2) is 0 Å². The van der Waals surface area contributed by atoms with Crippen LogP contribution in [0.4, 0.5) is 0 Å². The van der Waals surface area contributed by atoms with Gasteiger partial charge in [-0.25, -0.2) is 0 Å². The van der Waals surface area contributed by atoms with Crippen LogP contribution in [-0.2, 0) is 23.7 Å². The molecule has 17 heteroatoms. The van der Waals surface area contributed by atoms with Gasteiger partial charge in [-0.05, 0) is 51.1 Å². The maximum Gasteiger partial charge on any atom is 0.186 e. The number of ketones is 1. The Morgan fingerprint density at radius 3 is 2.18 bits per heavy atom. The van der Waals surface area contributed by atoms with Gasteiger partial charge in [0.1, 0.15) is 36.1 Å². The summed E-state index contributed by atoms with van der Waals surface area (Å²) in [5.41, 5.74) is 28.4. The van der Waals surface area contributed by atoms with Crippen molar-refractivity contribution in [1.29, 1.82) is 0 Å². The highest BCUT2D eigenvalue weighted by Gasteiger charge is 2.53. The molecule has 0 spiro atoms. The fraction of sp³-hybridized carbons (Fsp3) is 0.963. The molecular formula is C27H52N6O11. The van der Waals surface area contributed by atoms with E-state index in [0.717, 1.165) is 6.42 Å². The van der Waals surface area contributed by atoms with E-state index in [2.05, 4.69) is 5.32 Å². The maximum atomic E-state index is 13.2. The van der Waals surface area contributed by atoms with Crippen molar-refractivity contribution in [1.82, 2.24) is 5.32 Å². The predicted octanol–water partition coefficient (Wildman–Crippen LogP) is -6.22. The van der Waals surface area contributed by atoms with Crippen LogP contribution in [0, 0.1) is 5.92 Å². The second-order valence-corrected chi connectivity index (χ2v) is 12.8. The topological polar surface area (TPSA) is 318 Å². The summed E-state index contributed by atoms with van der Waals surface area (Å²) < 4.78 is 23.8. The van der Waals surface area contributed by atoms with Gasteiger partial charge in [-0.1, -0.05) is 0 Å². The first-order valence-corrected chi connectivity index (χ1v) is 15.4. The molecule has 2 saturated carbocycles. The summed E-state index contributed by atoms with van der Waals surface area (Å²) in [6, 6.07) is -3.14. The van der Waals surface area contributed by atoms with E-state index in [1.165, 1.54) is 0 Å². The summed E-state index contributed by atoms with van der Waals surface area (Å²) in [6.45, 7) is 0.823. The monoisotopic (exact) mass is 636 g/mol. The van der Waals surface area contributed by atoms with E-state index >= 15 is 0 Å². The standard InChI is InChI=1S/C27H52N6O11/c28-2-1-3-33-9-16-15(35)6-14(31)25(41-16)44-24-13(30)4-11(5-18(36)27(40)7-12(29)8-27)23(22(24)39)43-26-21(38)19(32)20(37)17(10-34)42-26/h11-17,19-26,33-35,37-40H,1-10,28-32H2/t11-,12?,13-,14+,15-,16+,17+,19-,20+,21+,22+,23-,24+,25+,26+,27?/m0/s1. The number of hydrogen-bond acceptors (Lipinski definition) is 17. The number of Topliss-reactive ketones (excluding diaryl/α,β-unsaturated/α-hetero) is 1. The molecule has 2 aliphatic heterocycles. The van der Waals surface area contributed by atoms with Gasteiger partial charge < -0.3 is 83.6 Å². The Hall–Kier alpha value is -0.970. The van der Waals surface area contributed by atoms with E-state index in [1.807, 2.05) is 0 Å². The zero-order chi connectivity index (χ0) is 32.3. The third-order valence-electron chi connectivity index (χ3n) is 9.33. The van der Waals surface area contributed by atoms with Crippen LogP contribution in [-0.4, -0.2) is 154 Å². The molecule has 0 aromatic heterocycles. The van der Waals surface area contributed by atoms with E-state index in [0.29, 0.717) is 19.6 Å². The summed E-state index contributed by atoms with van der Waals surface area (Å²) in [5, 5.41) is 66.7. The zero-order valence-electron chi connectivity index (χ0n) is 24.8. The molecule has 44 heavy (non-hydrogen) atoms. The van der Waals surface area contributed by atoms with Gasteiger partial charge in [0, 0.05) is 25.0 Å². The van der Waals surface area contributed by atoms with Crippen molar-refractivity contribution in [3.63, 3.8) is 0 Å². The smallest absolute Gasteiger partial charge is 0.186 e. The molecule has 256 valence electrons. The van der Waals surface area contributed by atoms with Crippen molar-refractivity contribution >= 4 is 5.78 Å². The highest BCUT2D eigenvalue weighted by atomic mass is 16.7. The molecule has 0 aromatic rings. The summed E-state index contributed by atoms with van der Waals surface area (Å²) in [4.78, 5) is 13.2. The molecule has 4 fully saturated rings. The average Bonchev–Trinajstić information content (AvgIpc) is 2.96. The molecule has 2 heterocycles. The first-order valence-electron chi connectivity index (χ1n) is 15.4. The largest absolute Gasteiger partial charge is 0.394 e. The Kier molecular flexibility index (Phi) is 12.5. The van der Waals surface area contributed by atoms with Gasteiger partial charge in [-0.3, -0.25) is 4.79 Å². The SMILES string of the molecule is NCCCNC[C@H]1O[C@H](O[C@H]2[C@H](O)[C@@H](O[C@H]3O[C@H](CO)[C@@H](O)[C@H](N)[C@H]3O)[C@H](CC(=O)C3(O)CC(N)C3)C[C@@H]2N)[C@H](N)C[C@@H]1O.